The van der Waals surface area contributed by atoms with Crippen molar-refractivity contribution in [3.63, 3.8) is 0 Å². The van der Waals surface area contributed by atoms with Crippen LogP contribution in [0.1, 0.15) is 19.4 Å². The number of urea groups is 1. The molecule has 1 aromatic rings. The van der Waals surface area contributed by atoms with E-state index in [1.165, 1.54) is 0 Å². The number of hydrogen-bond acceptors (Lipinski definition) is 4. The van der Waals surface area contributed by atoms with Crippen molar-refractivity contribution in [3.8, 4) is 0 Å². The standard InChI is InChI=1S/C13H20N4O2/c1-3-17(9(2)12(18)16-13(15)19)8-10-4-6-11(14)7-5-10/h4-7,9H,3,8,14H2,1-2H3,(H3,15,16,18,19). The second kappa shape index (κ2) is 6.75. The molecule has 0 fully saturated rings. The van der Waals surface area contributed by atoms with Crippen LogP contribution in [0.25, 0.3) is 0 Å². The van der Waals surface area contributed by atoms with E-state index in [-0.39, 0.29) is 0 Å². The first-order valence-corrected chi connectivity index (χ1v) is 6.12. The zero-order valence-electron chi connectivity index (χ0n) is 11.2. The van der Waals surface area contributed by atoms with Gasteiger partial charge in [-0.25, -0.2) is 4.79 Å². The van der Waals surface area contributed by atoms with Crippen LogP contribution in [0, 0.1) is 0 Å². The molecule has 3 amide bonds. The minimum absolute atomic E-state index is 0.398. The Hall–Kier alpha value is -2.08. The number of nitrogen functional groups attached to an aromatic ring is 1. The second-order valence-corrected chi connectivity index (χ2v) is 4.33. The first-order chi connectivity index (χ1) is 8.93. The quantitative estimate of drug-likeness (QED) is 0.680. The van der Waals surface area contributed by atoms with E-state index < -0.39 is 18.0 Å². The normalized spacial score (nSPS) is 12.2. The average molecular weight is 264 g/mol. The lowest BCUT2D eigenvalue weighted by atomic mass is 10.1. The van der Waals surface area contributed by atoms with Crippen LogP contribution in [0.3, 0.4) is 0 Å². The maximum Gasteiger partial charge on any atom is 0.318 e. The Bertz CT molecular complexity index is 444. The smallest absolute Gasteiger partial charge is 0.318 e. The molecule has 0 saturated heterocycles. The molecule has 5 N–H and O–H groups in total. The number of hydrogen-bond donors (Lipinski definition) is 3. The summed E-state index contributed by atoms with van der Waals surface area (Å²) in [4.78, 5) is 24.3. The molecule has 19 heavy (non-hydrogen) atoms. The van der Waals surface area contributed by atoms with Crippen molar-refractivity contribution in [1.29, 1.82) is 0 Å². The molecule has 0 aromatic heterocycles. The van der Waals surface area contributed by atoms with Gasteiger partial charge in [-0.05, 0) is 31.2 Å². The highest BCUT2D eigenvalue weighted by Gasteiger charge is 2.21. The number of anilines is 1. The third kappa shape index (κ3) is 4.59. The van der Waals surface area contributed by atoms with Crippen LogP contribution in [0.15, 0.2) is 24.3 Å². The third-order valence-electron chi connectivity index (χ3n) is 2.95. The molecule has 0 saturated carbocycles. The summed E-state index contributed by atoms with van der Waals surface area (Å²) in [6, 6.07) is 6.19. The summed E-state index contributed by atoms with van der Waals surface area (Å²) in [5.74, 6) is -0.398. The van der Waals surface area contributed by atoms with Crippen molar-refractivity contribution in [2.24, 2.45) is 5.73 Å². The molecular formula is C13H20N4O2. The van der Waals surface area contributed by atoms with E-state index in [0.717, 1.165) is 5.56 Å². The van der Waals surface area contributed by atoms with Crippen molar-refractivity contribution in [3.05, 3.63) is 29.8 Å². The fraction of sp³-hybridized carbons (Fsp3) is 0.385. The van der Waals surface area contributed by atoms with Gasteiger partial charge in [0.25, 0.3) is 0 Å². The fourth-order valence-electron chi connectivity index (χ4n) is 1.77. The van der Waals surface area contributed by atoms with Gasteiger partial charge in [0.1, 0.15) is 0 Å². The van der Waals surface area contributed by atoms with E-state index in [4.69, 9.17) is 11.5 Å². The molecule has 0 bridgehead atoms. The lowest BCUT2D eigenvalue weighted by molar-refractivity contribution is -0.124. The number of benzene rings is 1. The molecule has 1 rings (SSSR count). The number of nitrogens with zero attached hydrogens (tertiary/aromatic N) is 1. The second-order valence-electron chi connectivity index (χ2n) is 4.33. The molecule has 0 aliphatic heterocycles. The molecule has 0 spiro atoms. The number of carbonyl (C=O) groups excluding carboxylic acids is 2. The van der Waals surface area contributed by atoms with Crippen LogP contribution < -0.4 is 16.8 Å². The summed E-state index contributed by atoms with van der Waals surface area (Å²) in [6.45, 7) is 4.96. The summed E-state index contributed by atoms with van der Waals surface area (Å²) in [5.41, 5.74) is 12.3. The van der Waals surface area contributed by atoms with Crippen LogP contribution in [0.5, 0.6) is 0 Å². The van der Waals surface area contributed by atoms with Gasteiger partial charge in [0, 0.05) is 12.2 Å². The van der Waals surface area contributed by atoms with Crippen molar-refractivity contribution in [2.75, 3.05) is 12.3 Å². The number of imide groups is 1. The first kappa shape index (κ1) is 15.0. The van der Waals surface area contributed by atoms with E-state index >= 15 is 0 Å². The summed E-state index contributed by atoms with van der Waals surface area (Å²) < 4.78 is 0. The number of carbonyl (C=O) groups is 2. The minimum Gasteiger partial charge on any atom is -0.399 e. The van der Waals surface area contributed by atoms with Gasteiger partial charge in [-0.3, -0.25) is 15.0 Å². The van der Waals surface area contributed by atoms with Crippen LogP contribution in [0.4, 0.5) is 10.5 Å². The molecule has 104 valence electrons. The minimum atomic E-state index is -0.833. The van der Waals surface area contributed by atoms with Gasteiger partial charge in [-0.2, -0.15) is 0 Å². The number of nitrogens with one attached hydrogen (secondary N) is 1. The third-order valence-corrected chi connectivity index (χ3v) is 2.95. The van der Waals surface area contributed by atoms with Crippen LogP contribution >= 0.6 is 0 Å². The Morgan fingerprint density at radius 1 is 1.32 bits per heavy atom. The van der Waals surface area contributed by atoms with E-state index in [0.29, 0.717) is 18.8 Å². The summed E-state index contributed by atoms with van der Waals surface area (Å²) in [5, 5.41) is 2.09. The zero-order valence-corrected chi connectivity index (χ0v) is 11.2. The Kier molecular flexibility index (Phi) is 5.32. The van der Waals surface area contributed by atoms with Gasteiger partial charge in [0.05, 0.1) is 6.04 Å². The molecule has 6 nitrogen and oxygen atoms in total. The van der Waals surface area contributed by atoms with E-state index in [9.17, 15) is 9.59 Å². The summed E-state index contributed by atoms with van der Waals surface area (Å²) in [6.07, 6.45) is 0. The van der Waals surface area contributed by atoms with E-state index in [2.05, 4.69) is 5.32 Å². The van der Waals surface area contributed by atoms with Gasteiger partial charge < -0.3 is 11.5 Å². The molecule has 1 atom stereocenters. The van der Waals surface area contributed by atoms with Gasteiger partial charge in [0.2, 0.25) is 5.91 Å². The maximum absolute atomic E-state index is 11.7. The number of nitrogens with two attached hydrogens (primary N) is 2. The molecule has 1 unspecified atom stereocenters. The Balaban J connectivity index is 2.69. The lowest BCUT2D eigenvalue weighted by Crippen LogP contribution is -2.48. The lowest BCUT2D eigenvalue weighted by Gasteiger charge is -2.26. The van der Waals surface area contributed by atoms with Crippen molar-refractivity contribution >= 4 is 17.6 Å². The molecule has 1 aromatic carbocycles. The predicted molar refractivity (Wildman–Crippen MR) is 74.1 cm³/mol. The first-order valence-electron chi connectivity index (χ1n) is 6.12. The molecule has 6 heteroatoms. The van der Waals surface area contributed by atoms with Gasteiger partial charge >= 0.3 is 6.03 Å². The van der Waals surface area contributed by atoms with Gasteiger partial charge in [-0.1, -0.05) is 19.1 Å². The fourth-order valence-corrected chi connectivity index (χ4v) is 1.77. The van der Waals surface area contributed by atoms with Gasteiger partial charge in [0.15, 0.2) is 0 Å². The largest absolute Gasteiger partial charge is 0.399 e. The van der Waals surface area contributed by atoms with Crippen LogP contribution in [-0.2, 0) is 11.3 Å². The Labute approximate surface area is 112 Å². The Morgan fingerprint density at radius 3 is 2.37 bits per heavy atom. The number of rotatable bonds is 5. The molecule has 0 heterocycles. The highest BCUT2D eigenvalue weighted by atomic mass is 16.2. The molecule has 0 aliphatic carbocycles. The van der Waals surface area contributed by atoms with Crippen molar-refractivity contribution in [1.82, 2.24) is 10.2 Å². The summed E-state index contributed by atoms with van der Waals surface area (Å²) >= 11 is 0. The summed E-state index contributed by atoms with van der Waals surface area (Å²) in [7, 11) is 0. The van der Waals surface area contributed by atoms with E-state index in [1.807, 2.05) is 36.1 Å². The highest BCUT2D eigenvalue weighted by Crippen LogP contribution is 2.10. The van der Waals surface area contributed by atoms with Gasteiger partial charge in [-0.15, -0.1) is 0 Å². The monoisotopic (exact) mass is 264 g/mol. The van der Waals surface area contributed by atoms with Crippen LogP contribution in [-0.4, -0.2) is 29.4 Å². The number of likely N-dealkylation sites (N-methyl/N-ethyl adjacent to an activating group) is 1. The topological polar surface area (TPSA) is 101 Å². The highest BCUT2D eigenvalue weighted by molar-refractivity contribution is 5.96. The Morgan fingerprint density at radius 2 is 1.89 bits per heavy atom. The average Bonchev–Trinajstić information content (AvgIpc) is 2.36. The molecule has 0 radical (unpaired) electrons. The predicted octanol–water partition coefficient (Wildman–Crippen LogP) is 0.674. The zero-order chi connectivity index (χ0) is 14.4. The number of primary amides is 1. The SMILES string of the molecule is CCN(Cc1ccc(N)cc1)C(C)C(=O)NC(N)=O. The maximum atomic E-state index is 11.7. The van der Waals surface area contributed by atoms with E-state index in [1.54, 1.807) is 6.92 Å². The van der Waals surface area contributed by atoms with Crippen molar-refractivity contribution < 1.29 is 9.59 Å². The number of amides is 3. The molecule has 0 aliphatic rings. The van der Waals surface area contributed by atoms with Crippen molar-refractivity contribution in [2.45, 2.75) is 26.4 Å². The van der Waals surface area contributed by atoms with Crippen LogP contribution in [0.2, 0.25) is 0 Å². The molecular weight excluding hydrogens is 244 g/mol.